The van der Waals surface area contributed by atoms with Crippen molar-refractivity contribution in [3.05, 3.63) is 35.9 Å². The summed E-state index contributed by atoms with van der Waals surface area (Å²) in [6.07, 6.45) is 8.96. The van der Waals surface area contributed by atoms with Crippen LogP contribution in [0.2, 0.25) is 0 Å². The molecule has 1 saturated carbocycles. The van der Waals surface area contributed by atoms with Crippen LogP contribution in [0.15, 0.2) is 30.3 Å². The molecule has 1 aromatic carbocycles. The number of aliphatic hydroxyl groups is 1. The molecular weight excluding hydrogens is 554 g/mol. The Kier molecular flexibility index (Phi) is 11.0. The zero-order valence-corrected chi connectivity index (χ0v) is 27.0. The number of fused-ring (bicyclic) bond motifs is 1. The standard InChI is InChI=1S/C35H53N5O4/c1-35(2,3)44-34(43)37-23-27-12-10-26(11-13-27)22-36-33(42)30-21-32(38-31-9-5-4-8-29(30)31)40-18-14-25(15-19-40)20-28(41)24-39-16-6-7-17-39/h4-5,8-9,21,25-28,41H,6-7,10-20,22-24H2,1-3H3,(H,36,42)(H,37,43). The Hall–Kier alpha value is -2.91. The number of aliphatic hydroxyl groups excluding tert-OH is 1. The van der Waals surface area contributed by atoms with Gasteiger partial charge in [-0.2, -0.15) is 0 Å². The number of para-hydroxylation sites is 1. The van der Waals surface area contributed by atoms with Gasteiger partial charge in [0.1, 0.15) is 11.4 Å². The van der Waals surface area contributed by atoms with Gasteiger partial charge in [0.25, 0.3) is 5.91 Å². The van der Waals surface area contributed by atoms with Gasteiger partial charge in [-0.3, -0.25) is 4.79 Å². The molecule has 0 bridgehead atoms. The molecule has 0 spiro atoms. The molecule has 242 valence electrons. The topological polar surface area (TPSA) is 107 Å². The van der Waals surface area contributed by atoms with Crippen molar-refractivity contribution < 1.29 is 19.4 Å². The largest absolute Gasteiger partial charge is 0.444 e. The molecule has 9 nitrogen and oxygen atoms in total. The van der Waals surface area contributed by atoms with Gasteiger partial charge in [0, 0.05) is 38.1 Å². The van der Waals surface area contributed by atoms with Crippen LogP contribution >= 0.6 is 0 Å². The number of anilines is 1. The number of pyridine rings is 1. The van der Waals surface area contributed by atoms with Crippen LogP contribution in [0.5, 0.6) is 0 Å². The van der Waals surface area contributed by atoms with Gasteiger partial charge in [0.05, 0.1) is 17.2 Å². The number of piperidine rings is 1. The van der Waals surface area contributed by atoms with Crippen LogP contribution in [-0.4, -0.2) is 84.5 Å². The third kappa shape index (κ3) is 9.30. The van der Waals surface area contributed by atoms with Crippen LogP contribution in [-0.2, 0) is 4.74 Å². The van der Waals surface area contributed by atoms with Crippen LogP contribution in [0.3, 0.4) is 0 Å². The number of rotatable bonds is 10. The number of carbonyl (C=O) groups excluding carboxylic acids is 2. The van der Waals surface area contributed by atoms with E-state index in [0.717, 1.165) is 94.4 Å². The molecular formula is C35H53N5O4. The number of alkyl carbamates (subject to hydrolysis) is 1. The molecule has 3 N–H and O–H groups in total. The number of nitrogens with zero attached hydrogens (tertiary/aromatic N) is 3. The highest BCUT2D eigenvalue weighted by Gasteiger charge is 2.27. The zero-order chi connectivity index (χ0) is 31.1. The number of benzene rings is 1. The van der Waals surface area contributed by atoms with E-state index in [4.69, 9.17) is 9.72 Å². The molecule has 1 unspecified atom stereocenters. The van der Waals surface area contributed by atoms with Crippen molar-refractivity contribution in [3.63, 3.8) is 0 Å². The lowest BCUT2D eigenvalue weighted by Gasteiger charge is -2.34. The monoisotopic (exact) mass is 607 g/mol. The van der Waals surface area contributed by atoms with Crippen LogP contribution < -0.4 is 15.5 Å². The maximum atomic E-state index is 13.6. The summed E-state index contributed by atoms with van der Waals surface area (Å²) in [4.78, 5) is 35.2. The van der Waals surface area contributed by atoms with Crippen LogP contribution in [0.4, 0.5) is 10.6 Å². The summed E-state index contributed by atoms with van der Waals surface area (Å²) in [7, 11) is 0. The molecule has 3 aliphatic rings. The molecule has 2 aliphatic heterocycles. The number of hydrogen-bond acceptors (Lipinski definition) is 7. The summed E-state index contributed by atoms with van der Waals surface area (Å²) in [5, 5.41) is 17.7. The third-order valence-electron chi connectivity index (χ3n) is 9.61. The summed E-state index contributed by atoms with van der Waals surface area (Å²) >= 11 is 0. The van der Waals surface area contributed by atoms with Gasteiger partial charge >= 0.3 is 6.09 Å². The SMILES string of the molecule is CC(C)(C)OC(=O)NCC1CCC(CNC(=O)c2cc(N3CCC(CC(O)CN4CCCC4)CC3)nc3ccccc23)CC1. The second-order valence-corrected chi connectivity index (χ2v) is 14.4. The highest BCUT2D eigenvalue weighted by atomic mass is 16.6. The predicted molar refractivity (Wildman–Crippen MR) is 175 cm³/mol. The maximum absolute atomic E-state index is 13.6. The fourth-order valence-electron chi connectivity index (χ4n) is 7.15. The lowest BCUT2D eigenvalue weighted by molar-refractivity contribution is 0.0512. The molecule has 3 fully saturated rings. The van der Waals surface area contributed by atoms with Gasteiger partial charge in [0.15, 0.2) is 0 Å². The van der Waals surface area contributed by atoms with Gasteiger partial charge in [-0.15, -0.1) is 0 Å². The Morgan fingerprint density at radius 2 is 1.57 bits per heavy atom. The van der Waals surface area contributed by atoms with E-state index in [1.54, 1.807) is 0 Å². The Morgan fingerprint density at radius 3 is 2.23 bits per heavy atom. The van der Waals surface area contributed by atoms with Crippen molar-refractivity contribution in [1.29, 1.82) is 0 Å². The summed E-state index contributed by atoms with van der Waals surface area (Å²) in [6, 6.07) is 9.89. The first-order valence-corrected chi connectivity index (χ1v) is 16.9. The zero-order valence-electron chi connectivity index (χ0n) is 27.0. The molecule has 3 heterocycles. The Bertz CT molecular complexity index is 1240. The van der Waals surface area contributed by atoms with E-state index in [2.05, 4.69) is 20.4 Å². The molecule has 5 rings (SSSR count). The Morgan fingerprint density at radius 1 is 0.932 bits per heavy atom. The number of aromatic nitrogens is 1. The minimum atomic E-state index is -0.491. The van der Waals surface area contributed by atoms with Gasteiger partial charge in [-0.1, -0.05) is 18.2 Å². The number of amides is 2. The molecule has 9 heteroatoms. The first kappa shape index (κ1) is 32.5. The number of carbonyl (C=O) groups is 2. The third-order valence-corrected chi connectivity index (χ3v) is 9.61. The van der Waals surface area contributed by atoms with Gasteiger partial charge in [0.2, 0.25) is 0 Å². The van der Waals surface area contributed by atoms with Crippen LogP contribution in [0.25, 0.3) is 10.9 Å². The quantitative estimate of drug-likeness (QED) is 0.334. The van der Waals surface area contributed by atoms with Crippen molar-refractivity contribution in [2.24, 2.45) is 17.8 Å². The van der Waals surface area contributed by atoms with Gasteiger partial charge < -0.3 is 30.3 Å². The van der Waals surface area contributed by atoms with E-state index in [-0.39, 0.29) is 18.1 Å². The van der Waals surface area contributed by atoms with E-state index in [0.29, 0.717) is 36.4 Å². The molecule has 2 amide bonds. The average Bonchev–Trinajstić information content (AvgIpc) is 3.51. The van der Waals surface area contributed by atoms with Gasteiger partial charge in [-0.05, 0) is 122 Å². The average molecular weight is 608 g/mol. The van der Waals surface area contributed by atoms with E-state index in [1.807, 2.05) is 51.1 Å². The molecule has 0 radical (unpaired) electrons. The van der Waals surface area contributed by atoms with E-state index in [9.17, 15) is 14.7 Å². The lowest BCUT2D eigenvalue weighted by Crippen LogP contribution is -2.38. The maximum Gasteiger partial charge on any atom is 0.407 e. The minimum Gasteiger partial charge on any atom is -0.444 e. The molecule has 2 saturated heterocycles. The fraction of sp³-hybridized carbons (Fsp3) is 0.686. The van der Waals surface area contributed by atoms with Gasteiger partial charge in [-0.25, -0.2) is 9.78 Å². The highest BCUT2D eigenvalue weighted by Crippen LogP contribution is 2.30. The van der Waals surface area contributed by atoms with Crippen molar-refractivity contribution in [3.8, 4) is 0 Å². The molecule has 2 aromatic rings. The molecule has 1 aliphatic carbocycles. The number of nitrogens with one attached hydrogen (secondary N) is 2. The second kappa shape index (κ2) is 14.9. The second-order valence-electron chi connectivity index (χ2n) is 14.4. The van der Waals surface area contributed by atoms with E-state index in [1.165, 1.54) is 12.8 Å². The molecule has 44 heavy (non-hydrogen) atoms. The summed E-state index contributed by atoms with van der Waals surface area (Å²) in [5.74, 6) is 2.22. The first-order valence-electron chi connectivity index (χ1n) is 16.9. The summed E-state index contributed by atoms with van der Waals surface area (Å²) in [5.41, 5.74) is 1.04. The normalized spacial score (nSPS) is 22.6. The van der Waals surface area contributed by atoms with Crippen LogP contribution in [0.1, 0.15) is 88.9 Å². The van der Waals surface area contributed by atoms with Crippen molar-refractivity contribution >= 4 is 28.7 Å². The minimum absolute atomic E-state index is 0.0431. The Balaban J connectivity index is 1.11. The Labute approximate surface area is 263 Å². The highest BCUT2D eigenvalue weighted by molar-refractivity contribution is 6.07. The fourth-order valence-corrected chi connectivity index (χ4v) is 7.15. The molecule has 1 aromatic heterocycles. The van der Waals surface area contributed by atoms with Crippen molar-refractivity contribution in [1.82, 2.24) is 20.5 Å². The molecule has 1 atom stereocenters. The van der Waals surface area contributed by atoms with Crippen molar-refractivity contribution in [2.75, 3.05) is 50.7 Å². The number of β-amino-alcohol motifs (C(OH)–C–C–N with tert-alkyl or cyclic N) is 1. The predicted octanol–water partition coefficient (Wildman–Crippen LogP) is 5.36. The number of likely N-dealkylation sites (tertiary alicyclic amines) is 1. The van der Waals surface area contributed by atoms with E-state index >= 15 is 0 Å². The van der Waals surface area contributed by atoms with Crippen molar-refractivity contribution in [2.45, 2.75) is 90.3 Å². The number of hydrogen-bond donors (Lipinski definition) is 3. The summed E-state index contributed by atoms with van der Waals surface area (Å²) < 4.78 is 5.36. The van der Waals surface area contributed by atoms with E-state index < -0.39 is 5.60 Å². The summed E-state index contributed by atoms with van der Waals surface area (Å²) in [6.45, 7) is 11.7. The van der Waals surface area contributed by atoms with Crippen LogP contribution in [0, 0.1) is 17.8 Å². The number of ether oxygens (including phenoxy) is 1. The first-order chi connectivity index (χ1) is 21.1. The lowest BCUT2D eigenvalue weighted by atomic mass is 9.82. The smallest absolute Gasteiger partial charge is 0.407 e.